The molecule has 0 aromatic heterocycles. The van der Waals surface area contributed by atoms with E-state index >= 15 is 0 Å². The molecule has 0 heterocycles. The first kappa shape index (κ1) is 12.0. The minimum Gasteiger partial charge on any atom is -0.395 e. The van der Waals surface area contributed by atoms with Crippen molar-refractivity contribution in [2.24, 2.45) is 11.8 Å². The van der Waals surface area contributed by atoms with Crippen LogP contribution in [0.15, 0.2) is 0 Å². The van der Waals surface area contributed by atoms with Gasteiger partial charge in [0, 0.05) is 6.04 Å². The fourth-order valence-corrected chi connectivity index (χ4v) is 2.40. The average molecular weight is 199 g/mol. The highest BCUT2D eigenvalue weighted by molar-refractivity contribution is 4.80. The maximum atomic E-state index is 9.31. The van der Waals surface area contributed by atoms with Crippen molar-refractivity contribution in [3.05, 3.63) is 0 Å². The van der Waals surface area contributed by atoms with Gasteiger partial charge in [-0.25, -0.2) is 0 Å². The second-order valence-electron chi connectivity index (χ2n) is 4.76. The minimum absolute atomic E-state index is 0.305. The molecule has 0 bridgehead atoms. The number of hydrogen-bond acceptors (Lipinski definition) is 2. The highest BCUT2D eigenvalue weighted by atomic mass is 16.3. The largest absolute Gasteiger partial charge is 0.395 e. The van der Waals surface area contributed by atoms with Gasteiger partial charge in [-0.1, -0.05) is 26.7 Å². The summed E-state index contributed by atoms with van der Waals surface area (Å²) >= 11 is 0. The van der Waals surface area contributed by atoms with Crippen molar-refractivity contribution >= 4 is 0 Å². The van der Waals surface area contributed by atoms with Gasteiger partial charge in [0.2, 0.25) is 0 Å². The summed E-state index contributed by atoms with van der Waals surface area (Å²) in [6.07, 6.45) is 6.43. The lowest BCUT2D eigenvalue weighted by Gasteiger charge is -2.32. The Morgan fingerprint density at radius 1 is 1.29 bits per heavy atom. The van der Waals surface area contributed by atoms with E-state index in [1.54, 1.807) is 0 Å². The third kappa shape index (κ3) is 3.58. The number of rotatable bonds is 5. The molecule has 0 aromatic rings. The Bertz CT molecular complexity index is 139. The maximum absolute atomic E-state index is 9.31. The molecule has 0 amide bonds. The summed E-state index contributed by atoms with van der Waals surface area (Å²) in [6, 6.07) is 0.349. The van der Waals surface area contributed by atoms with Crippen molar-refractivity contribution in [3.63, 3.8) is 0 Å². The summed E-state index contributed by atoms with van der Waals surface area (Å²) in [4.78, 5) is 0. The predicted octanol–water partition coefficient (Wildman–Crippen LogP) is 2.17. The van der Waals surface area contributed by atoms with Crippen LogP contribution in [0.25, 0.3) is 0 Å². The number of aliphatic hydroxyl groups excluding tert-OH is 1. The van der Waals surface area contributed by atoms with Gasteiger partial charge in [0.05, 0.1) is 6.61 Å². The van der Waals surface area contributed by atoms with Gasteiger partial charge in [0.25, 0.3) is 0 Å². The second kappa shape index (κ2) is 6.41. The van der Waals surface area contributed by atoms with Crippen molar-refractivity contribution < 1.29 is 5.11 Å². The molecule has 1 aliphatic rings. The summed E-state index contributed by atoms with van der Waals surface area (Å²) in [7, 11) is 0. The van der Waals surface area contributed by atoms with Gasteiger partial charge in [-0.2, -0.15) is 0 Å². The van der Waals surface area contributed by atoms with Crippen LogP contribution in [0.1, 0.15) is 46.0 Å². The maximum Gasteiger partial charge on any atom is 0.0587 e. The molecule has 1 aliphatic carbocycles. The Balaban J connectivity index is 2.29. The van der Waals surface area contributed by atoms with E-state index in [-0.39, 0.29) is 0 Å². The zero-order valence-corrected chi connectivity index (χ0v) is 9.63. The third-order valence-electron chi connectivity index (χ3n) is 3.48. The van der Waals surface area contributed by atoms with E-state index in [0.29, 0.717) is 18.6 Å². The van der Waals surface area contributed by atoms with Crippen molar-refractivity contribution in [2.45, 2.75) is 52.0 Å². The van der Waals surface area contributed by atoms with Crippen LogP contribution in [-0.4, -0.2) is 24.3 Å². The van der Waals surface area contributed by atoms with E-state index in [1.165, 1.54) is 25.7 Å². The van der Waals surface area contributed by atoms with E-state index in [0.717, 1.165) is 18.9 Å². The van der Waals surface area contributed by atoms with E-state index in [4.69, 9.17) is 0 Å². The third-order valence-corrected chi connectivity index (χ3v) is 3.48. The molecule has 14 heavy (non-hydrogen) atoms. The molecule has 0 aromatic carbocycles. The molecule has 1 saturated carbocycles. The molecular weight excluding hydrogens is 174 g/mol. The first-order chi connectivity index (χ1) is 6.77. The Morgan fingerprint density at radius 3 is 2.43 bits per heavy atom. The summed E-state index contributed by atoms with van der Waals surface area (Å²) < 4.78 is 0. The van der Waals surface area contributed by atoms with Gasteiger partial charge in [-0.3, -0.25) is 0 Å². The van der Waals surface area contributed by atoms with E-state index in [1.807, 2.05) is 0 Å². The lowest BCUT2D eigenvalue weighted by molar-refractivity contribution is 0.158. The van der Waals surface area contributed by atoms with Gasteiger partial charge in [0.1, 0.15) is 0 Å². The summed E-state index contributed by atoms with van der Waals surface area (Å²) in [6.45, 7) is 5.85. The van der Waals surface area contributed by atoms with Gasteiger partial charge in [-0.05, 0) is 37.6 Å². The molecule has 0 spiro atoms. The monoisotopic (exact) mass is 199 g/mol. The van der Waals surface area contributed by atoms with E-state index < -0.39 is 0 Å². The van der Waals surface area contributed by atoms with Crippen molar-refractivity contribution in [1.82, 2.24) is 5.32 Å². The van der Waals surface area contributed by atoms with Crippen LogP contribution in [0.3, 0.4) is 0 Å². The van der Waals surface area contributed by atoms with Crippen LogP contribution in [0.4, 0.5) is 0 Å². The van der Waals surface area contributed by atoms with Crippen molar-refractivity contribution in [3.8, 4) is 0 Å². The number of aliphatic hydroxyl groups is 1. The van der Waals surface area contributed by atoms with Crippen LogP contribution in [-0.2, 0) is 0 Å². The quantitative estimate of drug-likeness (QED) is 0.711. The molecule has 2 heteroatoms. The lowest BCUT2D eigenvalue weighted by atomic mass is 9.79. The average Bonchev–Trinajstić information content (AvgIpc) is 2.21. The highest BCUT2D eigenvalue weighted by Gasteiger charge is 2.24. The zero-order valence-electron chi connectivity index (χ0n) is 9.63. The van der Waals surface area contributed by atoms with Crippen LogP contribution in [0.5, 0.6) is 0 Å². The SMILES string of the molecule is CCCNC(CO)C1CCC(C)CC1. The topological polar surface area (TPSA) is 32.3 Å². The van der Waals surface area contributed by atoms with Crippen LogP contribution < -0.4 is 5.32 Å². The Hall–Kier alpha value is -0.0800. The standard InChI is InChI=1S/C12H25NO/c1-3-8-13-12(9-14)11-6-4-10(2)5-7-11/h10-14H,3-9H2,1-2H3. The van der Waals surface area contributed by atoms with Crippen LogP contribution >= 0.6 is 0 Å². The molecule has 0 saturated heterocycles. The predicted molar refractivity (Wildman–Crippen MR) is 60.3 cm³/mol. The Morgan fingerprint density at radius 2 is 1.93 bits per heavy atom. The van der Waals surface area contributed by atoms with E-state index in [2.05, 4.69) is 19.2 Å². The lowest BCUT2D eigenvalue weighted by Crippen LogP contribution is -2.41. The van der Waals surface area contributed by atoms with Crippen molar-refractivity contribution in [1.29, 1.82) is 0 Å². The van der Waals surface area contributed by atoms with Crippen molar-refractivity contribution in [2.75, 3.05) is 13.2 Å². The first-order valence-electron chi connectivity index (χ1n) is 6.12. The zero-order chi connectivity index (χ0) is 10.4. The smallest absolute Gasteiger partial charge is 0.0587 e. The van der Waals surface area contributed by atoms with Gasteiger partial charge in [-0.15, -0.1) is 0 Å². The van der Waals surface area contributed by atoms with Gasteiger partial charge < -0.3 is 10.4 Å². The molecule has 0 radical (unpaired) electrons. The molecule has 2 N–H and O–H groups in total. The molecule has 1 rings (SSSR count). The molecule has 1 unspecified atom stereocenters. The molecular formula is C12H25NO. The summed E-state index contributed by atoms with van der Waals surface area (Å²) in [5.74, 6) is 1.61. The minimum atomic E-state index is 0.305. The summed E-state index contributed by atoms with van der Waals surface area (Å²) in [5.41, 5.74) is 0. The fraction of sp³-hybridized carbons (Fsp3) is 1.00. The number of hydrogen-bond donors (Lipinski definition) is 2. The van der Waals surface area contributed by atoms with Crippen LogP contribution in [0, 0.1) is 11.8 Å². The van der Waals surface area contributed by atoms with Gasteiger partial charge in [0.15, 0.2) is 0 Å². The molecule has 0 aliphatic heterocycles. The van der Waals surface area contributed by atoms with E-state index in [9.17, 15) is 5.11 Å². The first-order valence-corrected chi connectivity index (χ1v) is 6.12. The Kier molecular flexibility index (Phi) is 5.49. The second-order valence-corrected chi connectivity index (χ2v) is 4.76. The summed E-state index contributed by atoms with van der Waals surface area (Å²) in [5, 5.41) is 12.8. The highest BCUT2D eigenvalue weighted by Crippen LogP contribution is 2.30. The van der Waals surface area contributed by atoms with Crippen LogP contribution in [0.2, 0.25) is 0 Å². The number of nitrogens with one attached hydrogen (secondary N) is 1. The van der Waals surface area contributed by atoms with Gasteiger partial charge >= 0.3 is 0 Å². The fourth-order valence-electron chi connectivity index (χ4n) is 2.40. The molecule has 2 nitrogen and oxygen atoms in total. The molecule has 1 fully saturated rings. The Labute approximate surface area is 88.1 Å². The molecule has 1 atom stereocenters. The normalized spacial score (nSPS) is 30.2. The molecule has 84 valence electrons.